The molecule has 0 amide bonds. The zero-order chi connectivity index (χ0) is 16.6. The number of aromatic amines is 1. The van der Waals surface area contributed by atoms with Gasteiger partial charge < -0.3 is 4.98 Å². The van der Waals surface area contributed by atoms with E-state index in [1.165, 1.54) is 0 Å². The van der Waals surface area contributed by atoms with Gasteiger partial charge in [-0.2, -0.15) is 0 Å². The molecule has 0 spiro atoms. The fraction of sp³-hybridized carbons (Fsp3) is 0.235. The summed E-state index contributed by atoms with van der Waals surface area (Å²) >= 11 is 0. The number of nitrogens with zero attached hydrogens (tertiary/aromatic N) is 1. The van der Waals surface area contributed by atoms with E-state index in [0.717, 1.165) is 22.4 Å². The highest BCUT2D eigenvalue weighted by Crippen LogP contribution is 2.22. The third-order valence-electron chi connectivity index (χ3n) is 3.71. The van der Waals surface area contributed by atoms with Crippen LogP contribution in [0.3, 0.4) is 0 Å². The van der Waals surface area contributed by atoms with Crippen molar-refractivity contribution in [3.63, 3.8) is 0 Å². The van der Waals surface area contributed by atoms with Crippen molar-refractivity contribution < 1.29 is 8.42 Å². The monoisotopic (exact) mass is 329 g/mol. The summed E-state index contributed by atoms with van der Waals surface area (Å²) in [6, 6.07) is 12.2. The Kier molecular flexibility index (Phi) is 3.85. The first-order valence-corrected chi connectivity index (χ1v) is 8.92. The normalized spacial score (nSPS) is 12.0. The number of H-pyrrole nitrogens is 1. The van der Waals surface area contributed by atoms with Gasteiger partial charge in [0.25, 0.3) is 10.0 Å². The average molecular weight is 329 g/mol. The molecule has 2 aromatic carbocycles. The lowest BCUT2D eigenvalue weighted by molar-refractivity contribution is 0.601. The summed E-state index contributed by atoms with van der Waals surface area (Å²) in [6.07, 6.45) is 0. The van der Waals surface area contributed by atoms with Crippen molar-refractivity contribution in [1.29, 1.82) is 0 Å². The van der Waals surface area contributed by atoms with Gasteiger partial charge in [-0.25, -0.2) is 13.4 Å². The van der Waals surface area contributed by atoms with Crippen molar-refractivity contribution in [3.8, 4) is 0 Å². The number of benzene rings is 2. The molecule has 0 aliphatic heterocycles. The molecule has 0 fully saturated rings. The maximum atomic E-state index is 12.5. The minimum absolute atomic E-state index is 0.253. The second kappa shape index (κ2) is 5.70. The number of nitrogens with one attached hydrogen (secondary N) is 2. The molecular formula is C17H19N3O2S. The second-order valence-corrected chi connectivity index (χ2v) is 7.57. The maximum Gasteiger partial charge on any atom is 0.261 e. The summed E-state index contributed by atoms with van der Waals surface area (Å²) in [6.45, 7) is 6.01. The molecule has 0 unspecified atom stereocenters. The first kappa shape index (κ1) is 15.6. The van der Waals surface area contributed by atoms with E-state index in [4.69, 9.17) is 0 Å². The fourth-order valence-electron chi connectivity index (χ4n) is 2.45. The first-order chi connectivity index (χ1) is 10.8. The third-order valence-corrected chi connectivity index (χ3v) is 5.11. The lowest BCUT2D eigenvalue weighted by Crippen LogP contribution is -2.13. The number of hydrogen-bond acceptors (Lipinski definition) is 3. The van der Waals surface area contributed by atoms with E-state index in [1.54, 1.807) is 30.3 Å². The van der Waals surface area contributed by atoms with Crippen LogP contribution in [0.4, 0.5) is 5.69 Å². The van der Waals surface area contributed by atoms with Crippen molar-refractivity contribution in [2.45, 2.75) is 31.6 Å². The molecule has 0 bridgehead atoms. The van der Waals surface area contributed by atoms with Gasteiger partial charge in [0.2, 0.25) is 0 Å². The SMILES string of the molecule is Cc1nc2ccc(NS(=O)(=O)c3ccc(C(C)C)cc3)cc2[nH]1. The summed E-state index contributed by atoms with van der Waals surface area (Å²) in [4.78, 5) is 7.65. The van der Waals surface area contributed by atoms with Gasteiger partial charge >= 0.3 is 0 Å². The molecule has 23 heavy (non-hydrogen) atoms. The molecule has 0 atom stereocenters. The van der Waals surface area contributed by atoms with Crippen LogP contribution < -0.4 is 4.72 Å². The van der Waals surface area contributed by atoms with E-state index in [9.17, 15) is 8.42 Å². The van der Waals surface area contributed by atoms with Gasteiger partial charge in [0.05, 0.1) is 21.6 Å². The molecule has 0 radical (unpaired) electrons. The lowest BCUT2D eigenvalue weighted by atomic mass is 10.0. The number of rotatable bonds is 4. The number of aromatic nitrogens is 2. The standard InChI is InChI=1S/C17H19N3O2S/c1-11(2)13-4-7-15(8-5-13)23(21,22)20-14-6-9-16-17(10-14)19-12(3)18-16/h4-11,20H,1-3H3,(H,18,19). The van der Waals surface area contributed by atoms with E-state index in [2.05, 4.69) is 28.5 Å². The van der Waals surface area contributed by atoms with Crippen molar-refractivity contribution in [1.82, 2.24) is 9.97 Å². The van der Waals surface area contributed by atoms with Crippen molar-refractivity contribution >= 4 is 26.7 Å². The largest absolute Gasteiger partial charge is 0.342 e. The molecule has 3 aromatic rings. The summed E-state index contributed by atoms with van der Waals surface area (Å²) in [5, 5.41) is 0. The molecule has 0 saturated heterocycles. The Hall–Kier alpha value is -2.34. The molecule has 1 heterocycles. The smallest absolute Gasteiger partial charge is 0.261 e. The van der Waals surface area contributed by atoms with Crippen LogP contribution >= 0.6 is 0 Å². The maximum absolute atomic E-state index is 12.5. The second-order valence-electron chi connectivity index (χ2n) is 5.88. The van der Waals surface area contributed by atoms with E-state index in [1.807, 2.05) is 19.1 Å². The molecule has 5 nitrogen and oxygen atoms in total. The van der Waals surface area contributed by atoms with Gasteiger partial charge in [0, 0.05) is 0 Å². The number of sulfonamides is 1. The van der Waals surface area contributed by atoms with Crippen LogP contribution in [0.1, 0.15) is 31.2 Å². The molecule has 6 heteroatoms. The number of imidazole rings is 1. The summed E-state index contributed by atoms with van der Waals surface area (Å²) in [5.74, 6) is 1.16. The van der Waals surface area contributed by atoms with Gasteiger partial charge in [-0.3, -0.25) is 4.72 Å². The first-order valence-electron chi connectivity index (χ1n) is 7.44. The minimum atomic E-state index is -3.60. The Morgan fingerprint density at radius 3 is 2.43 bits per heavy atom. The molecule has 0 aliphatic carbocycles. The Morgan fingerprint density at radius 2 is 1.78 bits per heavy atom. The number of fused-ring (bicyclic) bond motifs is 1. The van der Waals surface area contributed by atoms with E-state index < -0.39 is 10.0 Å². The van der Waals surface area contributed by atoms with Crippen LogP contribution in [0, 0.1) is 6.92 Å². The van der Waals surface area contributed by atoms with Gasteiger partial charge in [0.1, 0.15) is 5.82 Å². The molecule has 2 N–H and O–H groups in total. The molecular weight excluding hydrogens is 310 g/mol. The van der Waals surface area contributed by atoms with Crippen LogP contribution in [-0.2, 0) is 10.0 Å². The van der Waals surface area contributed by atoms with Gasteiger partial charge in [0.15, 0.2) is 0 Å². The van der Waals surface area contributed by atoms with Crippen LogP contribution in [0.5, 0.6) is 0 Å². The van der Waals surface area contributed by atoms with Gasteiger partial charge in [-0.15, -0.1) is 0 Å². The predicted octanol–water partition coefficient (Wildman–Crippen LogP) is 3.80. The highest BCUT2D eigenvalue weighted by molar-refractivity contribution is 7.92. The van der Waals surface area contributed by atoms with E-state index >= 15 is 0 Å². The minimum Gasteiger partial charge on any atom is -0.342 e. The Labute approximate surface area is 135 Å². The van der Waals surface area contributed by atoms with Crippen LogP contribution in [0.15, 0.2) is 47.4 Å². The average Bonchev–Trinajstić information content (AvgIpc) is 2.86. The molecule has 1 aromatic heterocycles. The van der Waals surface area contributed by atoms with Crippen LogP contribution in [0.2, 0.25) is 0 Å². The van der Waals surface area contributed by atoms with Crippen molar-refractivity contribution in [3.05, 3.63) is 53.9 Å². The van der Waals surface area contributed by atoms with Gasteiger partial charge in [-0.1, -0.05) is 26.0 Å². The lowest BCUT2D eigenvalue weighted by Gasteiger charge is -2.10. The summed E-state index contributed by atoms with van der Waals surface area (Å²) < 4.78 is 27.6. The Balaban J connectivity index is 1.89. The molecule has 3 rings (SSSR count). The molecule has 0 saturated carbocycles. The topological polar surface area (TPSA) is 74.8 Å². The zero-order valence-electron chi connectivity index (χ0n) is 13.3. The highest BCUT2D eigenvalue weighted by Gasteiger charge is 2.15. The number of hydrogen-bond donors (Lipinski definition) is 2. The Morgan fingerprint density at radius 1 is 1.09 bits per heavy atom. The third kappa shape index (κ3) is 3.22. The molecule has 120 valence electrons. The zero-order valence-corrected chi connectivity index (χ0v) is 14.1. The number of aryl methyl sites for hydroxylation is 1. The molecule has 0 aliphatic rings. The quantitative estimate of drug-likeness (QED) is 0.764. The van der Waals surface area contributed by atoms with Crippen LogP contribution in [0.25, 0.3) is 11.0 Å². The summed E-state index contributed by atoms with van der Waals surface area (Å²) in [5.41, 5.74) is 3.23. The fourth-order valence-corrected chi connectivity index (χ4v) is 3.50. The Bertz CT molecular complexity index is 942. The highest BCUT2D eigenvalue weighted by atomic mass is 32.2. The predicted molar refractivity (Wildman–Crippen MR) is 92.2 cm³/mol. The van der Waals surface area contributed by atoms with Crippen LogP contribution in [-0.4, -0.2) is 18.4 Å². The van der Waals surface area contributed by atoms with Crippen molar-refractivity contribution in [2.75, 3.05) is 4.72 Å². The van der Waals surface area contributed by atoms with E-state index in [0.29, 0.717) is 11.6 Å². The summed E-state index contributed by atoms with van der Waals surface area (Å²) in [7, 11) is -3.60. The van der Waals surface area contributed by atoms with E-state index in [-0.39, 0.29) is 4.90 Å². The van der Waals surface area contributed by atoms with Gasteiger partial charge in [-0.05, 0) is 48.7 Å². The number of anilines is 1. The van der Waals surface area contributed by atoms with Crippen molar-refractivity contribution in [2.24, 2.45) is 0 Å².